The summed E-state index contributed by atoms with van der Waals surface area (Å²) in [7, 11) is -3.68. The van der Waals surface area contributed by atoms with E-state index in [-0.39, 0.29) is 22.4 Å². The number of hydrogen-bond acceptors (Lipinski definition) is 6. The number of carbonyl (C=O) groups excluding carboxylic acids is 1. The molecule has 0 fully saturated rings. The van der Waals surface area contributed by atoms with Gasteiger partial charge in [0.1, 0.15) is 0 Å². The largest absolute Gasteiger partial charge is 0.416 e. The molecule has 0 atom stereocenters. The molecular formula is C20H15F3N4O3S2. The van der Waals surface area contributed by atoms with E-state index in [1.807, 2.05) is 0 Å². The number of halogens is 3. The fourth-order valence-electron chi connectivity index (χ4n) is 3.10. The Balaban J connectivity index is 1.55. The molecule has 0 aliphatic rings. The van der Waals surface area contributed by atoms with Crippen molar-refractivity contribution in [1.82, 2.24) is 14.4 Å². The number of sulfone groups is 1. The molecule has 32 heavy (non-hydrogen) atoms. The lowest BCUT2D eigenvalue weighted by Crippen LogP contribution is -2.12. The van der Waals surface area contributed by atoms with Crippen LogP contribution in [0.5, 0.6) is 0 Å². The molecule has 166 valence electrons. The average molecular weight is 480 g/mol. The molecule has 12 heteroatoms. The van der Waals surface area contributed by atoms with E-state index < -0.39 is 27.5 Å². The van der Waals surface area contributed by atoms with E-state index in [9.17, 15) is 26.4 Å². The molecule has 0 aliphatic heterocycles. The first-order valence-corrected chi connectivity index (χ1v) is 11.8. The number of rotatable bonds is 5. The minimum Gasteiger partial charge on any atom is -0.296 e. The number of benzene rings is 1. The van der Waals surface area contributed by atoms with Gasteiger partial charge in [-0.05, 0) is 23.8 Å². The van der Waals surface area contributed by atoms with Gasteiger partial charge in [0, 0.05) is 29.9 Å². The van der Waals surface area contributed by atoms with Crippen molar-refractivity contribution in [2.75, 3.05) is 11.6 Å². The van der Waals surface area contributed by atoms with Crippen molar-refractivity contribution >= 4 is 37.7 Å². The normalized spacial score (nSPS) is 12.2. The second kappa shape index (κ2) is 8.02. The maximum absolute atomic E-state index is 12.9. The third-order valence-corrected chi connectivity index (χ3v) is 6.33. The van der Waals surface area contributed by atoms with Crippen LogP contribution in [0.2, 0.25) is 0 Å². The zero-order valence-electron chi connectivity index (χ0n) is 16.4. The van der Waals surface area contributed by atoms with Crippen molar-refractivity contribution in [2.45, 2.75) is 17.8 Å². The lowest BCUT2D eigenvalue weighted by Gasteiger charge is -2.07. The van der Waals surface area contributed by atoms with Gasteiger partial charge in [-0.15, -0.1) is 11.3 Å². The quantitative estimate of drug-likeness (QED) is 0.465. The monoisotopic (exact) mass is 480 g/mol. The molecule has 0 bridgehead atoms. The SMILES string of the molecule is CS(=O)(=O)c1nc(C(=O)Nc2ncc(Cc3cccc(C(F)(F)F)c3)s2)c2ccccn12. The molecule has 0 aliphatic carbocycles. The van der Waals surface area contributed by atoms with Crippen LogP contribution < -0.4 is 5.32 Å². The van der Waals surface area contributed by atoms with Crippen molar-refractivity contribution in [3.05, 3.63) is 76.6 Å². The Bertz CT molecular complexity index is 1430. The smallest absolute Gasteiger partial charge is 0.296 e. The Labute approximate surface area is 184 Å². The summed E-state index contributed by atoms with van der Waals surface area (Å²) in [5.41, 5.74) is -0.0487. The van der Waals surface area contributed by atoms with Gasteiger partial charge >= 0.3 is 6.18 Å². The summed E-state index contributed by atoms with van der Waals surface area (Å²) in [6, 6.07) is 9.83. The lowest BCUT2D eigenvalue weighted by molar-refractivity contribution is -0.137. The van der Waals surface area contributed by atoms with Gasteiger partial charge < -0.3 is 0 Å². The molecule has 4 rings (SSSR count). The summed E-state index contributed by atoms with van der Waals surface area (Å²) in [5.74, 6) is -0.649. The second-order valence-electron chi connectivity index (χ2n) is 6.93. The van der Waals surface area contributed by atoms with Crippen LogP contribution in [0.4, 0.5) is 18.3 Å². The zero-order chi connectivity index (χ0) is 23.1. The molecule has 0 radical (unpaired) electrons. The third-order valence-electron chi connectivity index (χ3n) is 4.47. The Morgan fingerprint density at radius 1 is 1.19 bits per heavy atom. The number of imidazole rings is 1. The highest BCUT2D eigenvalue weighted by atomic mass is 32.2. The van der Waals surface area contributed by atoms with Crippen LogP contribution in [0, 0.1) is 0 Å². The summed E-state index contributed by atoms with van der Waals surface area (Å²) >= 11 is 1.10. The number of nitrogens with one attached hydrogen (secondary N) is 1. The number of thiazole rings is 1. The third kappa shape index (κ3) is 4.50. The van der Waals surface area contributed by atoms with E-state index in [1.165, 1.54) is 22.9 Å². The molecule has 1 amide bonds. The molecule has 0 saturated heterocycles. The fourth-order valence-corrected chi connectivity index (χ4v) is 4.72. The summed E-state index contributed by atoms with van der Waals surface area (Å²) in [5, 5.41) is 2.53. The van der Waals surface area contributed by atoms with Crippen molar-refractivity contribution < 1.29 is 26.4 Å². The zero-order valence-corrected chi connectivity index (χ0v) is 18.1. The topological polar surface area (TPSA) is 93.4 Å². The van der Waals surface area contributed by atoms with Crippen LogP contribution in [-0.2, 0) is 22.4 Å². The molecule has 3 aromatic heterocycles. The maximum atomic E-state index is 12.9. The number of aromatic nitrogens is 3. The van der Waals surface area contributed by atoms with Gasteiger partial charge in [0.2, 0.25) is 15.0 Å². The highest BCUT2D eigenvalue weighted by molar-refractivity contribution is 7.90. The lowest BCUT2D eigenvalue weighted by atomic mass is 10.1. The molecule has 0 unspecified atom stereocenters. The summed E-state index contributed by atoms with van der Waals surface area (Å²) in [6.45, 7) is 0. The molecule has 0 saturated carbocycles. The molecular weight excluding hydrogens is 465 g/mol. The molecule has 1 N–H and O–H groups in total. The highest BCUT2D eigenvalue weighted by Crippen LogP contribution is 2.30. The first-order valence-electron chi connectivity index (χ1n) is 9.12. The van der Waals surface area contributed by atoms with Crippen LogP contribution in [-0.4, -0.2) is 34.9 Å². The van der Waals surface area contributed by atoms with Gasteiger partial charge in [-0.2, -0.15) is 13.2 Å². The number of alkyl halides is 3. The summed E-state index contributed by atoms with van der Waals surface area (Å²) in [6.07, 6.45) is -0.263. The Hall–Kier alpha value is -3.25. The summed E-state index contributed by atoms with van der Waals surface area (Å²) < 4.78 is 64.0. The van der Waals surface area contributed by atoms with Crippen molar-refractivity contribution in [3.8, 4) is 0 Å². The Morgan fingerprint density at radius 3 is 2.69 bits per heavy atom. The van der Waals surface area contributed by atoms with E-state index in [0.29, 0.717) is 16.0 Å². The van der Waals surface area contributed by atoms with E-state index in [2.05, 4.69) is 15.3 Å². The van der Waals surface area contributed by atoms with Gasteiger partial charge in [-0.3, -0.25) is 14.5 Å². The van der Waals surface area contributed by atoms with Gasteiger partial charge in [0.25, 0.3) is 5.91 Å². The number of nitrogens with zero attached hydrogens (tertiary/aromatic N) is 3. The van der Waals surface area contributed by atoms with E-state index in [4.69, 9.17) is 0 Å². The molecule has 4 aromatic rings. The molecule has 3 heterocycles. The molecule has 7 nitrogen and oxygen atoms in total. The van der Waals surface area contributed by atoms with E-state index in [0.717, 1.165) is 29.7 Å². The van der Waals surface area contributed by atoms with Crippen molar-refractivity contribution in [2.24, 2.45) is 0 Å². The van der Waals surface area contributed by atoms with Crippen molar-refractivity contribution in [1.29, 1.82) is 0 Å². The number of amides is 1. The minimum atomic E-state index is -4.43. The number of pyridine rings is 1. The Morgan fingerprint density at radius 2 is 1.97 bits per heavy atom. The number of fused-ring (bicyclic) bond motifs is 1. The van der Waals surface area contributed by atoms with Gasteiger partial charge in [0.15, 0.2) is 10.8 Å². The van der Waals surface area contributed by atoms with Crippen molar-refractivity contribution in [3.63, 3.8) is 0 Å². The van der Waals surface area contributed by atoms with Gasteiger partial charge in [-0.1, -0.05) is 24.3 Å². The first kappa shape index (κ1) is 22.0. The van der Waals surface area contributed by atoms with Crippen LogP contribution in [0.3, 0.4) is 0 Å². The fraction of sp³-hybridized carbons (Fsp3) is 0.150. The minimum absolute atomic E-state index is 0.0827. The molecule has 0 spiro atoms. The highest BCUT2D eigenvalue weighted by Gasteiger charge is 2.30. The standard InChI is InChI=1S/C20H15F3N4O3S2/c1-32(29,30)19-25-16(15-7-2-3-8-27(15)19)17(28)26-18-24-11-14(31-18)10-12-5-4-6-13(9-12)20(21,22)23/h2-9,11H,10H2,1H3,(H,24,26,28). The van der Waals surface area contributed by atoms with Gasteiger partial charge in [-0.25, -0.2) is 18.4 Å². The maximum Gasteiger partial charge on any atom is 0.416 e. The van der Waals surface area contributed by atoms with E-state index in [1.54, 1.807) is 24.3 Å². The first-order chi connectivity index (χ1) is 15.0. The predicted molar refractivity (Wildman–Crippen MR) is 113 cm³/mol. The average Bonchev–Trinajstić information content (AvgIpc) is 3.31. The summed E-state index contributed by atoms with van der Waals surface area (Å²) in [4.78, 5) is 21.5. The van der Waals surface area contributed by atoms with Crippen LogP contribution in [0.15, 0.2) is 60.0 Å². The number of anilines is 1. The second-order valence-corrected chi connectivity index (χ2v) is 9.96. The van der Waals surface area contributed by atoms with Gasteiger partial charge in [0.05, 0.1) is 11.1 Å². The predicted octanol–water partition coefficient (Wildman–Crippen LogP) is 4.06. The number of hydrogen-bond donors (Lipinski definition) is 1. The molecule has 1 aromatic carbocycles. The van der Waals surface area contributed by atoms with Crippen LogP contribution >= 0.6 is 11.3 Å². The van der Waals surface area contributed by atoms with Crippen LogP contribution in [0.25, 0.3) is 5.52 Å². The van der Waals surface area contributed by atoms with Crippen LogP contribution in [0.1, 0.15) is 26.5 Å². The van der Waals surface area contributed by atoms with E-state index >= 15 is 0 Å². The number of carbonyl (C=O) groups is 1. The Kier molecular flexibility index (Phi) is 5.51.